The molecule has 4 rings (SSSR count). The Bertz CT molecular complexity index is 1000. The summed E-state index contributed by atoms with van der Waals surface area (Å²) in [5.74, 6) is -0.913. The fourth-order valence-electron chi connectivity index (χ4n) is 5.38. The van der Waals surface area contributed by atoms with Crippen LogP contribution in [0.3, 0.4) is 0 Å². The van der Waals surface area contributed by atoms with Crippen LogP contribution in [-0.2, 0) is 27.2 Å². The van der Waals surface area contributed by atoms with Crippen molar-refractivity contribution in [2.75, 3.05) is 6.54 Å². The normalized spacial score (nSPS) is 25.0. The number of carbonyl (C=O) groups is 3. The fraction of sp³-hybridized carbons (Fsp3) is 0.444. The number of likely N-dealkylation sites (tertiary alicyclic amines) is 1. The monoisotopic (exact) mass is 432 g/mol. The van der Waals surface area contributed by atoms with Gasteiger partial charge < -0.3 is 5.32 Å². The van der Waals surface area contributed by atoms with Crippen LogP contribution in [0.4, 0.5) is 0 Å². The molecule has 1 saturated carbocycles. The molecule has 5 nitrogen and oxygen atoms in total. The van der Waals surface area contributed by atoms with Crippen molar-refractivity contribution in [3.63, 3.8) is 0 Å². The summed E-state index contributed by atoms with van der Waals surface area (Å²) in [5.41, 5.74) is 1.02. The van der Waals surface area contributed by atoms with E-state index < -0.39 is 16.9 Å². The summed E-state index contributed by atoms with van der Waals surface area (Å²) in [6, 6.07) is 18.7. The fourth-order valence-corrected chi connectivity index (χ4v) is 5.38. The zero-order valence-electron chi connectivity index (χ0n) is 19.1. The number of piperidine rings is 1. The van der Waals surface area contributed by atoms with Gasteiger partial charge in [-0.2, -0.15) is 0 Å². The quantitative estimate of drug-likeness (QED) is 0.678. The lowest BCUT2D eigenvalue weighted by Gasteiger charge is -2.49. The standard InChI is InChI=1S/C27H32N2O3/c1-26(2)21-14-16-27(26,3)25(32)29(24(21)31)22(18-20-12-8-5-9-13-20)23(30)28-17-15-19-10-6-4-7-11-19/h4-13,21-22H,14-18H2,1-3H3,(H,28,30). The molecule has 3 unspecified atom stereocenters. The number of carbonyl (C=O) groups excluding carboxylic acids is 3. The number of nitrogens with one attached hydrogen (secondary N) is 1. The van der Waals surface area contributed by atoms with Gasteiger partial charge in [-0.05, 0) is 35.8 Å². The van der Waals surface area contributed by atoms with Crippen molar-refractivity contribution >= 4 is 17.7 Å². The van der Waals surface area contributed by atoms with Gasteiger partial charge in [-0.3, -0.25) is 19.3 Å². The minimum absolute atomic E-state index is 0.200. The molecule has 0 spiro atoms. The molecule has 1 saturated heterocycles. The highest BCUT2D eigenvalue weighted by Gasteiger charge is 2.65. The first-order valence-corrected chi connectivity index (χ1v) is 11.5. The SMILES string of the molecule is CC12CCC(C(=O)N(C(Cc3ccccc3)C(=O)NCCc3ccccc3)C1=O)C2(C)C. The summed E-state index contributed by atoms with van der Waals surface area (Å²) in [4.78, 5) is 41.9. The third-order valence-electron chi connectivity index (χ3n) is 7.89. The summed E-state index contributed by atoms with van der Waals surface area (Å²) in [5, 5.41) is 2.99. The summed E-state index contributed by atoms with van der Waals surface area (Å²) in [6.07, 6.45) is 2.39. The van der Waals surface area contributed by atoms with Crippen molar-refractivity contribution in [3.05, 3.63) is 71.8 Å². The highest BCUT2D eigenvalue weighted by molar-refractivity contribution is 6.07. The third kappa shape index (κ3) is 3.74. The lowest BCUT2D eigenvalue weighted by molar-refractivity contribution is -0.173. The number of nitrogens with zero attached hydrogens (tertiary/aromatic N) is 1. The van der Waals surface area contributed by atoms with E-state index in [0.717, 1.165) is 11.1 Å². The Labute approximate surface area is 190 Å². The molecular weight excluding hydrogens is 400 g/mol. The minimum atomic E-state index is -0.843. The van der Waals surface area contributed by atoms with Crippen LogP contribution in [0.5, 0.6) is 0 Å². The van der Waals surface area contributed by atoms with E-state index in [1.807, 2.05) is 81.4 Å². The van der Waals surface area contributed by atoms with Gasteiger partial charge in [-0.25, -0.2) is 0 Å². The third-order valence-corrected chi connectivity index (χ3v) is 7.89. The van der Waals surface area contributed by atoms with Crippen LogP contribution in [0.25, 0.3) is 0 Å². The number of benzene rings is 2. The molecule has 168 valence electrons. The van der Waals surface area contributed by atoms with E-state index in [0.29, 0.717) is 32.2 Å². The van der Waals surface area contributed by atoms with Crippen LogP contribution in [0.2, 0.25) is 0 Å². The Morgan fingerprint density at radius 3 is 2.22 bits per heavy atom. The summed E-state index contributed by atoms with van der Waals surface area (Å²) < 4.78 is 0. The molecule has 1 N–H and O–H groups in total. The van der Waals surface area contributed by atoms with Crippen molar-refractivity contribution in [1.29, 1.82) is 0 Å². The highest BCUT2D eigenvalue weighted by atomic mass is 16.2. The van der Waals surface area contributed by atoms with E-state index in [1.165, 1.54) is 4.90 Å². The van der Waals surface area contributed by atoms with Crippen LogP contribution in [0.1, 0.15) is 44.7 Å². The van der Waals surface area contributed by atoms with Gasteiger partial charge in [-0.1, -0.05) is 81.4 Å². The molecule has 5 heteroatoms. The van der Waals surface area contributed by atoms with Crippen molar-refractivity contribution in [2.24, 2.45) is 16.7 Å². The Morgan fingerprint density at radius 2 is 1.59 bits per heavy atom. The van der Waals surface area contributed by atoms with Gasteiger partial charge in [0, 0.05) is 18.9 Å². The topological polar surface area (TPSA) is 66.5 Å². The highest BCUT2D eigenvalue weighted by Crippen LogP contribution is 2.60. The van der Waals surface area contributed by atoms with Crippen LogP contribution in [0.15, 0.2) is 60.7 Å². The minimum Gasteiger partial charge on any atom is -0.354 e. The average Bonchev–Trinajstić information content (AvgIpc) is 2.97. The van der Waals surface area contributed by atoms with Gasteiger partial charge in [0.15, 0.2) is 0 Å². The molecule has 1 aliphatic carbocycles. The molecule has 3 amide bonds. The van der Waals surface area contributed by atoms with E-state index in [9.17, 15) is 14.4 Å². The lowest BCUT2D eigenvalue weighted by atomic mass is 9.62. The molecule has 3 atom stereocenters. The van der Waals surface area contributed by atoms with E-state index in [1.54, 1.807) is 0 Å². The number of fused-ring (bicyclic) bond motifs is 2. The number of imide groups is 1. The molecule has 0 aromatic heterocycles. The largest absolute Gasteiger partial charge is 0.354 e. The second kappa shape index (κ2) is 8.53. The maximum atomic E-state index is 13.7. The van der Waals surface area contributed by atoms with Crippen molar-refractivity contribution in [3.8, 4) is 0 Å². The van der Waals surface area contributed by atoms with E-state index >= 15 is 0 Å². The first-order chi connectivity index (χ1) is 15.3. The number of hydrogen-bond acceptors (Lipinski definition) is 3. The summed E-state index contributed by atoms with van der Waals surface area (Å²) in [6.45, 7) is 6.45. The number of rotatable bonds is 7. The summed E-state index contributed by atoms with van der Waals surface area (Å²) >= 11 is 0. The molecule has 2 aliphatic rings. The van der Waals surface area contributed by atoms with Gasteiger partial charge in [0.1, 0.15) is 6.04 Å². The van der Waals surface area contributed by atoms with Crippen LogP contribution >= 0.6 is 0 Å². The maximum Gasteiger partial charge on any atom is 0.243 e. The molecule has 1 heterocycles. The van der Waals surface area contributed by atoms with E-state index in [2.05, 4.69) is 5.32 Å². The van der Waals surface area contributed by atoms with Gasteiger partial charge >= 0.3 is 0 Å². The molecule has 2 bridgehead atoms. The number of hydrogen-bond donors (Lipinski definition) is 1. The molecule has 1 aliphatic heterocycles. The Morgan fingerprint density at radius 1 is 1.00 bits per heavy atom. The second-order valence-electron chi connectivity index (χ2n) is 9.89. The van der Waals surface area contributed by atoms with Crippen LogP contribution < -0.4 is 5.32 Å². The Hall–Kier alpha value is -2.95. The zero-order chi connectivity index (χ0) is 22.9. The lowest BCUT2D eigenvalue weighted by Crippen LogP contribution is -2.64. The second-order valence-corrected chi connectivity index (χ2v) is 9.89. The number of amides is 3. The molecular formula is C27H32N2O3. The van der Waals surface area contributed by atoms with Crippen LogP contribution in [0, 0.1) is 16.7 Å². The predicted molar refractivity (Wildman–Crippen MR) is 124 cm³/mol. The molecule has 2 fully saturated rings. The molecule has 0 radical (unpaired) electrons. The van der Waals surface area contributed by atoms with E-state index in [4.69, 9.17) is 0 Å². The first kappa shape index (κ1) is 22.3. The molecule has 32 heavy (non-hydrogen) atoms. The van der Waals surface area contributed by atoms with Gasteiger partial charge in [-0.15, -0.1) is 0 Å². The van der Waals surface area contributed by atoms with E-state index in [-0.39, 0.29) is 23.6 Å². The Balaban J connectivity index is 1.58. The zero-order valence-corrected chi connectivity index (χ0v) is 19.1. The predicted octanol–water partition coefficient (Wildman–Crippen LogP) is 3.77. The maximum absolute atomic E-state index is 13.7. The van der Waals surface area contributed by atoms with Crippen molar-refractivity contribution < 1.29 is 14.4 Å². The van der Waals surface area contributed by atoms with Crippen molar-refractivity contribution in [2.45, 2.75) is 52.5 Å². The Kier molecular flexibility index (Phi) is 5.93. The van der Waals surface area contributed by atoms with Crippen LogP contribution in [-0.4, -0.2) is 35.2 Å². The molecule has 2 aromatic carbocycles. The first-order valence-electron chi connectivity index (χ1n) is 11.5. The smallest absolute Gasteiger partial charge is 0.243 e. The summed E-state index contributed by atoms with van der Waals surface area (Å²) in [7, 11) is 0. The van der Waals surface area contributed by atoms with Gasteiger partial charge in [0.05, 0.1) is 5.41 Å². The van der Waals surface area contributed by atoms with Gasteiger partial charge in [0.25, 0.3) is 0 Å². The van der Waals surface area contributed by atoms with Gasteiger partial charge in [0.2, 0.25) is 17.7 Å². The van der Waals surface area contributed by atoms with Crippen molar-refractivity contribution in [1.82, 2.24) is 10.2 Å². The molecule has 2 aromatic rings. The average molecular weight is 433 g/mol.